The molecule has 1 unspecified atom stereocenters. The lowest BCUT2D eigenvalue weighted by atomic mass is 10.2. The Balaban J connectivity index is 2.02. The van der Waals surface area contributed by atoms with E-state index < -0.39 is 46.7 Å². The molecule has 0 amide bonds. The third kappa shape index (κ3) is 6.30. The van der Waals surface area contributed by atoms with E-state index in [1.807, 2.05) is 0 Å². The first-order chi connectivity index (χ1) is 17.4. The smallest absolute Gasteiger partial charge is 0.416 e. The van der Waals surface area contributed by atoms with Crippen molar-refractivity contribution in [1.82, 2.24) is 0 Å². The Morgan fingerprint density at radius 2 is 1.95 bits per heavy atom. The van der Waals surface area contributed by atoms with Crippen LogP contribution < -0.4 is 10.0 Å². The van der Waals surface area contributed by atoms with Gasteiger partial charge >= 0.3 is 19.5 Å². The summed E-state index contributed by atoms with van der Waals surface area (Å²) in [6.45, 7) is 1.41. The predicted molar refractivity (Wildman–Crippen MR) is 126 cm³/mol. The minimum atomic E-state index is -4.63. The third-order valence-corrected chi connectivity index (χ3v) is 7.38. The number of benzene rings is 2. The Labute approximate surface area is 212 Å². The summed E-state index contributed by atoms with van der Waals surface area (Å²) in [4.78, 5) is 23.0. The van der Waals surface area contributed by atoms with E-state index in [9.17, 15) is 32.6 Å². The molecule has 196 valence electrons. The van der Waals surface area contributed by atoms with E-state index in [0.717, 1.165) is 37.4 Å². The molecule has 10 nitrogen and oxygen atoms in total. The predicted octanol–water partition coefficient (Wildman–Crippen LogP) is 6.17. The second-order valence-electron chi connectivity index (χ2n) is 7.13. The molecular weight excluding hydrogens is 544 g/mol. The Bertz CT molecular complexity index is 1390. The Hall–Kier alpha value is -3.83. The summed E-state index contributed by atoms with van der Waals surface area (Å²) in [5, 5.41) is 14.5. The van der Waals surface area contributed by atoms with Crippen LogP contribution in [0.5, 0.6) is 11.5 Å². The summed E-state index contributed by atoms with van der Waals surface area (Å²) in [6, 6.07) is 8.32. The lowest BCUT2D eigenvalue weighted by Gasteiger charge is -2.16. The van der Waals surface area contributed by atoms with E-state index in [1.165, 1.54) is 25.3 Å². The van der Waals surface area contributed by atoms with E-state index >= 15 is 0 Å². The van der Waals surface area contributed by atoms with Gasteiger partial charge in [0.25, 0.3) is 5.69 Å². The minimum Gasteiger partial charge on any atom is -0.464 e. The lowest BCUT2D eigenvalue weighted by molar-refractivity contribution is -0.383. The van der Waals surface area contributed by atoms with E-state index in [4.69, 9.17) is 25.4 Å². The van der Waals surface area contributed by atoms with Gasteiger partial charge in [-0.2, -0.15) is 13.2 Å². The van der Waals surface area contributed by atoms with Gasteiger partial charge in [0, 0.05) is 18.3 Å². The number of nitrogens with zero attached hydrogens (tertiary/aromatic N) is 2. The molecule has 1 atom stereocenters. The van der Waals surface area contributed by atoms with Gasteiger partial charge in [0.2, 0.25) is 5.71 Å². The van der Waals surface area contributed by atoms with Crippen LogP contribution in [0.3, 0.4) is 0 Å². The maximum atomic E-state index is 13.7. The molecule has 0 spiro atoms. The molecule has 0 N–H and O–H groups in total. The first-order valence-electron chi connectivity index (χ1n) is 10.2. The van der Waals surface area contributed by atoms with Crippen LogP contribution in [0.4, 0.5) is 18.9 Å². The van der Waals surface area contributed by atoms with Crippen molar-refractivity contribution >= 4 is 41.6 Å². The molecule has 3 aromatic rings. The van der Waals surface area contributed by atoms with Crippen molar-refractivity contribution in [2.45, 2.75) is 13.1 Å². The van der Waals surface area contributed by atoms with Crippen molar-refractivity contribution in [2.24, 2.45) is 5.16 Å². The van der Waals surface area contributed by atoms with Gasteiger partial charge < -0.3 is 18.5 Å². The highest BCUT2D eigenvalue weighted by atomic mass is 35.5. The van der Waals surface area contributed by atoms with Crippen LogP contribution >= 0.6 is 19.0 Å². The number of esters is 1. The van der Waals surface area contributed by atoms with Crippen molar-refractivity contribution in [3.63, 3.8) is 0 Å². The van der Waals surface area contributed by atoms with Gasteiger partial charge in [0.15, 0.2) is 5.76 Å². The SMILES string of the molecule is CCP(=O)(ON=C(C(=O)OC)c1ccco1)c1cc(Oc2ccc(C(F)(F)F)cc2Cl)ccc1[N+](=O)[O-]. The van der Waals surface area contributed by atoms with Crippen LogP contribution in [-0.2, 0) is 24.9 Å². The first-order valence-corrected chi connectivity index (χ1v) is 12.4. The molecule has 15 heteroatoms. The molecule has 1 aromatic heterocycles. The topological polar surface area (TPSA) is 130 Å². The molecule has 0 aliphatic rings. The monoisotopic (exact) mass is 560 g/mol. The average molecular weight is 561 g/mol. The first kappa shape index (κ1) is 27.8. The molecule has 37 heavy (non-hydrogen) atoms. The fraction of sp³-hybridized carbons (Fsp3) is 0.182. The molecule has 3 rings (SSSR count). The molecule has 0 radical (unpaired) electrons. The Morgan fingerprint density at radius 3 is 2.49 bits per heavy atom. The zero-order valence-electron chi connectivity index (χ0n) is 19.0. The maximum absolute atomic E-state index is 13.7. The number of alkyl halides is 3. The van der Waals surface area contributed by atoms with Crippen LogP contribution in [0.1, 0.15) is 18.2 Å². The molecule has 2 aromatic carbocycles. The normalized spacial score (nSPS) is 13.5. The molecule has 0 saturated heterocycles. The summed E-state index contributed by atoms with van der Waals surface area (Å²) in [5.41, 5.74) is -2.09. The highest BCUT2D eigenvalue weighted by Gasteiger charge is 2.36. The standard InChI is InChI=1S/C22H17ClF3N2O8P/c1-3-37(32,36-27-20(21(29)33-2)18-5-4-10-34-18)19-12-14(7-8-16(19)28(30)31)35-17-9-6-13(11-15(17)23)22(24,25)26/h4-12H,3H2,1-2H3. The average Bonchev–Trinajstić information content (AvgIpc) is 3.38. The van der Waals surface area contributed by atoms with Gasteiger partial charge in [0.05, 0.1) is 28.9 Å². The largest absolute Gasteiger partial charge is 0.464 e. The van der Waals surface area contributed by atoms with Crippen molar-refractivity contribution in [2.75, 3.05) is 13.3 Å². The van der Waals surface area contributed by atoms with Crippen LogP contribution in [0, 0.1) is 10.1 Å². The number of furan rings is 1. The zero-order valence-corrected chi connectivity index (χ0v) is 20.7. The number of rotatable bonds is 9. The highest BCUT2D eigenvalue weighted by Crippen LogP contribution is 2.49. The number of hydrogen-bond donors (Lipinski definition) is 0. The van der Waals surface area contributed by atoms with Gasteiger partial charge in [-0.3, -0.25) is 14.7 Å². The molecular formula is C22H17ClF3N2O8P. The second-order valence-corrected chi connectivity index (χ2v) is 10.2. The molecule has 0 aliphatic heterocycles. The van der Waals surface area contributed by atoms with E-state index in [2.05, 4.69) is 9.89 Å². The molecule has 0 fully saturated rings. The molecule has 0 aliphatic carbocycles. The number of halogens is 4. The van der Waals surface area contributed by atoms with Crippen molar-refractivity contribution in [3.8, 4) is 11.5 Å². The quantitative estimate of drug-likeness (QED) is 0.0998. The Morgan fingerprint density at radius 1 is 1.22 bits per heavy atom. The zero-order chi connectivity index (χ0) is 27.4. The van der Waals surface area contributed by atoms with Crippen molar-refractivity contribution in [1.29, 1.82) is 0 Å². The van der Waals surface area contributed by atoms with Gasteiger partial charge in [-0.05, 0) is 36.4 Å². The molecule has 1 heterocycles. The van der Waals surface area contributed by atoms with E-state index in [-0.39, 0.29) is 28.4 Å². The number of nitro groups is 1. The number of hydrogen-bond acceptors (Lipinski definition) is 9. The van der Waals surface area contributed by atoms with Gasteiger partial charge in [0.1, 0.15) is 16.8 Å². The summed E-state index contributed by atoms with van der Waals surface area (Å²) in [6.07, 6.45) is -3.69. The third-order valence-electron chi connectivity index (χ3n) is 4.81. The number of ether oxygens (including phenoxy) is 2. The lowest BCUT2D eigenvalue weighted by Crippen LogP contribution is -2.18. The number of carbonyl (C=O) groups is 1. The summed E-state index contributed by atoms with van der Waals surface area (Å²) < 4.78 is 72.9. The van der Waals surface area contributed by atoms with Crippen LogP contribution in [0.25, 0.3) is 0 Å². The summed E-state index contributed by atoms with van der Waals surface area (Å²) in [5.74, 6) is -1.38. The van der Waals surface area contributed by atoms with Gasteiger partial charge in [-0.1, -0.05) is 23.7 Å². The molecule has 0 saturated carbocycles. The number of oxime groups is 1. The maximum Gasteiger partial charge on any atom is 0.416 e. The van der Waals surface area contributed by atoms with E-state index in [1.54, 1.807) is 0 Å². The summed E-state index contributed by atoms with van der Waals surface area (Å²) >= 11 is 5.92. The fourth-order valence-electron chi connectivity index (χ4n) is 2.95. The van der Waals surface area contributed by atoms with Crippen LogP contribution in [-0.4, -0.2) is 29.9 Å². The van der Waals surface area contributed by atoms with E-state index in [0.29, 0.717) is 6.07 Å². The number of methoxy groups -OCH3 is 1. The minimum absolute atomic E-state index is 0.0713. The highest BCUT2D eigenvalue weighted by molar-refractivity contribution is 7.67. The Kier molecular flexibility index (Phi) is 8.29. The number of nitro benzene ring substituents is 1. The molecule has 0 bridgehead atoms. The van der Waals surface area contributed by atoms with Gasteiger partial charge in [-0.15, -0.1) is 0 Å². The van der Waals surface area contributed by atoms with Crippen LogP contribution in [0.2, 0.25) is 5.02 Å². The van der Waals surface area contributed by atoms with Crippen molar-refractivity contribution in [3.05, 3.63) is 81.3 Å². The van der Waals surface area contributed by atoms with Crippen molar-refractivity contribution < 1.29 is 46.0 Å². The number of carbonyl (C=O) groups excluding carboxylic acids is 1. The van der Waals surface area contributed by atoms with Crippen LogP contribution in [0.15, 0.2) is 64.4 Å². The summed E-state index contributed by atoms with van der Waals surface area (Å²) in [7, 11) is -3.10. The van der Waals surface area contributed by atoms with Gasteiger partial charge in [-0.25, -0.2) is 4.79 Å². The fourth-order valence-corrected chi connectivity index (χ4v) is 4.76. The second kappa shape index (κ2) is 11.1.